The van der Waals surface area contributed by atoms with Gasteiger partial charge in [-0.05, 0) is 66.3 Å². The number of alkyl halides is 1. The zero-order chi connectivity index (χ0) is 29.0. The minimum absolute atomic E-state index is 0.0571. The number of anilines is 1. The number of carbonyl (C=O) groups excluding carboxylic acids is 2. The predicted octanol–water partition coefficient (Wildman–Crippen LogP) is 0.913. The Morgan fingerprint density at radius 2 is 1.71 bits per heavy atom. The summed E-state index contributed by atoms with van der Waals surface area (Å²) in [4.78, 5) is 40.6. The lowest BCUT2D eigenvalue weighted by molar-refractivity contribution is -0.149. The van der Waals surface area contributed by atoms with Gasteiger partial charge in [-0.15, -0.1) is 0 Å². The topological polar surface area (TPSA) is 176 Å². The number of nitrogens with one attached hydrogen (secondary N) is 2. The Kier molecular flexibility index (Phi) is 10.9. The maximum Gasteiger partial charge on any atom is 0.351 e. The smallest absolute Gasteiger partial charge is 0.351 e. The van der Waals surface area contributed by atoms with Crippen LogP contribution in [0.4, 0.5) is 10.2 Å². The van der Waals surface area contributed by atoms with Crippen LogP contribution in [0, 0.1) is 0 Å². The van der Waals surface area contributed by atoms with E-state index in [4.69, 9.17) is 36.3 Å². The number of rotatable bonds is 12. The van der Waals surface area contributed by atoms with Crippen LogP contribution in [0.3, 0.4) is 0 Å². The van der Waals surface area contributed by atoms with Crippen LogP contribution in [0.5, 0.6) is 0 Å². The van der Waals surface area contributed by atoms with E-state index in [9.17, 15) is 19.5 Å². The first kappa shape index (κ1) is 32.2. The minimum atomic E-state index is -3.43. The number of aliphatic hydroxyl groups excluding tert-OH is 1. The molecule has 0 radical (unpaired) electrons. The minimum Gasteiger partial charge on any atom is -0.462 e. The van der Waals surface area contributed by atoms with E-state index in [1.165, 1.54) is 26.1 Å². The monoisotopic (exact) mass is 581 g/mol. The Hall–Kier alpha value is -2.00. The highest BCUT2D eigenvalue weighted by atomic mass is 32.4. The fourth-order valence-corrected chi connectivity index (χ4v) is 6.47. The predicted molar refractivity (Wildman–Crippen MR) is 140 cm³/mol. The normalized spacial score (nSPS) is 26.7. The highest BCUT2D eigenvalue weighted by Gasteiger charge is 2.55. The van der Waals surface area contributed by atoms with Crippen LogP contribution in [0.15, 0.2) is 17.1 Å². The molecule has 1 fully saturated rings. The third-order valence-corrected chi connectivity index (χ3v) is 8.30. The molecule has 0 saturated carbocycles. The van der Waals surface area contributed by atoms with Gasteiger partial charge in [0.05, 0.1) is 18.8 Å². The average molecular weight is 582 g/mol. The molecule has 216 valence electrons. The van der Waals surface area contributed by atoms with Crippen LogP contribution >= 0.6 is 6.57 Å². The van der Waals surface area contributed by atoms with Gasteiger partial charge in [-0.25, -0.2) is 19.4 Å². The number of nitrogens with two attached hydrogens (primary N) is 1. The molecule has 1 saturated heterocycles. The molecular weight excluding hydrogens is 544 g/mol. The first-order valence-electron chi connectivity index (χ1n) is 12.0. The van der Waals surface area contributed by atoms with E-state index in [0.29, 0.717) is 0 Å². The molecule has 1 aliphatic rings. The first-order valence-corrected chi connectivity index (χ1v) is 14.8. The van der Waals surface area contributed by atoms with Gasteiger partial charge in [-0.1, -0.05) is 0 Å². The van der Waals surface area contributed by atoms with Crippen molar-refractivity contribution in [2.45, 2.75) is 96.9 Å². The van der Waals surface area contributed by atoms with Crippen LogP contribution in [-0.4, -0.2) is 75.4 Å². The van der Waals surface area contributed by atoms with Gasteiger partial charge in [0.25, 0.3) is 0 Å². The summed E-state index contributed by atoms with van der Waals surface area (Å²) < 4.78 is 38.4. The number of nitrogens with zero attached hydrogens (tertiary/aromatic N) is 2. The van der Waals surface area contributed by atoms with Gasteiger partial charge in [0.1, 0.15) is 30.1 Å². The number of aromatic nitrogens is 2. The second-order valence-corrected chi connectivity index (χ2v) is 13.1. The molecule has 38 heavy (non-hydrogen) atoms. The fraction of sp³-hybridized carbons (Fsp3) is 0.727. The number of aliphatic hydroxyl groups is 1. The number of hydrogen-bond acceptors (Lipinski definition) is 11. The molecule has 6 atom stereocenters. The van der Waals surface area contributed by atoms with Crippen molar-refractivity contribution in [3.63, 3.8) is 0 Å². The zero-order valence-electron chi connectivity index (χ0n) is 22.4. The Balaban J connectivity index is 2.25. The second kappa shape index (κ2) is 12.9. The number of nitrogen functional groups attached to an aromatic ring is 1. The molecule has 1 aliphatic heterocycles. The Morgan fingerprint density at radius 3 is 2.16 bits per heavy atom. The van der Waals surface area contributed by atoms with Gasteiger partial charge in [-0.2, -0.15) is 4.98 Å². The number of ether oxygens (including phenoxy) is 3. The van der Waals surface area contributed by atoms with Crippen molar-refractivity contribution in [2.24, 2.45) is 0 Å². The van der Waals surface area contributed by atoms with Gasteiger partial charge in [0.15, 0.2) is 18.5 Å². The van der Waals surface area contributed by atoms with E-state index in [1.54, 1.807) is 27.7 Å². The molecule has 5 N–H and O–H groups in total. The van der Waals surface area contributed by atoms with Gasteiger partial charge in [0, 0.05) is 6.20 Å². The lowest BCUT2D eigenvalue weighted by atomic mass is 9.98. The molecule has 2 heterocycles. The largest absolute Gasteiger partial charge is 0.462 e. The quantitative estimate of drug-likeness (QED) is 0.203. The Labute approximate surface area is 225 Å². The summed E-state index contributed by atoms with van der Waals surface area (Å²) in [7, 11) is 0. The van der Waals surface area contributed by atoms with E-state index < -0.39 is 67.0 Å². The number of halogens is 1. The van der Waals surface area contributed by atoms with Crippen molar-refractivity contribution in [1.29, 1.82) is 0 Å². The van der Waals surface area contributed by atoms with E-state index in [0.717, 1.165) is 11.5 Å². The van der Waals surface area contributed by atoms with Gasteiger partial charge < -0.3 is 29.6 Å². The summed E-state index contributed by atoms with van der Waals surface area (Å²) in [5, 5.41) is 16.4. The van der Waals surface area contributed by atoms with E-state index in [2.05, 4.69) is 15.2 Å². The van der Waals surface area contributed by atoms with Crippen molar-refractivity contribution in [3.05, 3.63) is 22.7 Å². The van der Waals surface area contributed by atoms with Crippen molar-refractivity contribution < 1.29 is 37.8 Å². The lowest BCUT2D eigenvalue weighted by Gasteiger charge is -2.31. The first-order chi connectivity index (χ1) is 17.5. The summed E-state index contributed by atoms with van der Waals surface area (Å²) >= 11 is 5.65. The lowest BCUT2D eigenvalue weighted by Crippen LogP contribution is -2.45. The molecule has 1 aromatic heterocycles. The zero-order valence-corrected chi connectivity index (χ0v) is 24.1. The van der Waals surface area contributed by atoms with E-state index >= 15 is 4.39 Å². The number of carbonyl (C=O) groups is 2. The maximum absolute atomic E-state index is 15.6. The summed E-state index contributed by atoms with van der Waals surface area (Å²) in [5.74, 6) is -1.28. The van der Waals surface area contributed by atoms with Gasteiger partial charge >= 0.3 is 17.6 Å². The van der Waals surface area contributed by atoms with Crippen molar-refractivity contribution >= 4 is 36.1 Å². The molecule has 0 bridgehead atoms. The highest BCUT2D eigenvalue weighted by molar-refractivity contribution is 8.10. The molecule has 16 heteroatoms. The van der Waals surface area contributed by atoms with Crippen LogP contribution in [0.25, 0.3) is 0 Å². The van der Waals surface area contributed by atoms with Gasteiger partial charge in [-0.3, -0.25) is 14.2 Å². The maximum atomic E-state index is 15.6. The molecular formula is C22H37FN5O8PS. The van der Waals surface area contributed by atoms with Crippen LogP contribution < -0.4 is 21.6 Å². The molecule has 0 amide bonds. The summed E-state index contributed by atoms with van der Waals surface area (Å²) in [6.45, 7) is 6.93. The van der Waals surface area contributed by atoms with Crippen LogP contribution in [0.1, 0.15) is 54.7 Å². The van der Waals surface area contributed by atoms with Crippen LogP contribution in [0.2, 0.25) is 0 Å². The third kappa shape index (κ3) is 8.25. The van der Waals surface area contributed by atoms with Gasteiger partial charge in [0.2, 0.25) is 0 Å². The SMILES string of the molecule is CC(C)OC(=O)C(C)NP(=S)(NC(C)C(=O)OC(C)C)OCC1OC(n2ccc(N)nc2=O)C(C)(F)C1O. The third-order valence-electron chi connectivity index (χ3n) is 5.38. The molecule has 0 aliphatic carbocycles. The fourth-order valence-electron chi connectivity index (χ4n) is 3.53. The average Bonchev–Trinajstić information content (AvgIpc) is 3.00. The number of hydrogen-bond donors (Lipinski definition) is 4. The molecule has 0 spiro atoms. The second-order valence-electron chi connectivity index (χ2n) is 9.69. The highest BCUT2D eigenvalue weighted by Crippen LogP contribution is 2.44. The van der Waals surface area contributed by atoms with E-state index in [-0.39, 0.29) is 18.0 Å². The number of esters is 2. The van der Waals surface area contributed by atoms with Crippen molar-refractivity contribution in [1.82, 2.24) is 19.7 Å². The molecule has 13 nitrogen and oxygen atoms in total. The van der Waals surface area contributed by atoms with Crippen molar-refractivity contribution in [2.75, 3.05) is 12.3 Å². The molecule has 6 unspecified atom stereocenters. The Morgan fingerprint density at radius 1 is 1.21 bits per heavy atom. The molecule has 0 aromatic carbocycles. The summed E-state index contributed by atoms with van der Waals surface area (Å²) in [5.41, 5.74) is 2.22. The summed E-state index contributed by atoms with van der Waals surface area (Å²) in [6, 6.07) is -0.603. The molecule has 2 rings (SSSR count). The Bertz CT molecular complexity index is 1070. The van der Waals surface area contributed by atoms with Crippen molar-refractivity contribution in [3.8, 4) is 0 Å². The van der Waals surface area contributed by atoms with E-state index in [1.807, 2.05) is 0 Å². The van der Waals surface area contributed by atoms with Crippen LogP contribution in [-0.2, 0) is 40.1 Å². The summed E-state index contributed by atoms with van der Waals surface area (Å²) in [6.07, 6.45) is -4.10. The molecule has 1 aromatic rings. The standard InChI is InChI=1S/C22H37FN5O8PS/c1-11(2)34-18(30)13(5)26-37(38,27-14(6)19(31)35-12(3)4)33-10-15-17(29)22(7,23)20(36-15)28-9-8-16(24)25-21(28)32/h8-9,11-15,17,20,29H,10H2,1-7H3,(H2,24,25,32)(H2,26,27,38).